The van der Waals surface area contributed by atoms with Gasteiger partial charge in [-0.05, 0) is 145 Å². The molecule has 2 nitrogen and oxygen atoms in total. The maximum Gasteiger partial charge on any atom is 0.0741 e. The van der Waals surface area contributed by atoms with Gasteiger partial charge in [0.2, 0.25) is 0 Å². The van der Waals surface area contributed by atoms with E-state index >= 15 is 0 Å². The number of rotatable bonds is 6. The van der Waals surface area contributed by atoms with Crippen LogP contribution in [-0.4, -0.2) is 0 Å². The molecule has 10 aromatic rings. The molecule has 0 N–H and O–H groups in total. The molecule has 1 atom stereocenters. The number of hydrogen-bond acceptors (Lipinski definition) is 3. The largest absolute Gasteiger partial charge is 0.310 e. The Kier molecular flexibility index (Phi) is 7.77. The highest BCUT2D eigenvalue weighted by molar-refractivity contribution is 7.22. The van der Waals surface area contributed by atoms with Crippen molar-refractivity contribution in [2.45, 2.75) is 24.7 Å². The highest BCUT2D eigenvalue weighted by atomic mass is 32.1. The minimum absolute atomic E-state index is 0.122. The topological polar surface area (TPSA) is 6.48 Å². The van der Waals surface area contributed by atoms with Crippen molar-refractivity contribution in [1.29, 1.82) is 0 Å². The average Bonchev–Trinajstić information content (AvgIpc) is 4.02. The molecule has 298 valence electrons. The van der Waals surface area contributed by atoms with E-state index in [4.69, 9.17) is 0 Å². The molecule has 0 saturated heterocycles. The maximum absolute atomic E-state index is 2.53. The first-order valence-electron chi connectivity index (χ1n) is 21.9. The molecule has 9 aromatic carbocycles. The van der Waals surface area contributed by atoms with E-state index in [1.807, 2.05) is 11.3 Å². The summed E-state index contributed by atoms with van der Waals surface area (Å²) in [6.07, 6.45) is 0. The van der Waals surface area contributed by atoms with Crippen molar-refractivity contribution in [1.82, 2.24) is 0 Å². The van der Waals surface area contributed by atoms with Gasteiger partial charge in [0.25, 0.3) is 0 Å². The van der Waals surface area contributed by atoms with E-state index in [0.717, 1.165) is 34.1 Å². The average molecular weight is 823 g/mol. The fourth-order valence-corrected chi connectivity index (χ4v) is 12.6. The fourth-order valence-electron chi connectivity index (χ4n) is 11.3. The molecule has 1 heterocycles. The van der Waals surface area contributed by atoms with Crippen LogP contribution in [0.2, 0.25) is 0 Å². The minimum Gasteiger partial charge on any atom is -0.310 e. The molecule has 0 saturated carbocycles. The van der Waals surface area contributed by atoms with Gasteiger partial charge in [-0.15, -0.1) is 11.3 Å². The lowest BCUT2D eigenvalue weighted by Crippen LogP contribution is -2.26. The van der Waals surface area contributed by atoms with Gasteiger partial charge in [-0.2, -0.15) is 0 Å². The SMILES string of the molecule is CC1(C)c2ccccc2-c2ccc(N(c3ccccc3)c3ccc4c(c3)C3(c5ccccc5-4)c4cc(N(c5ccccc5)c5ccccc5)ccc4-c4sc5ccccc5c43)cc21. The zero-order chi connectivity index (χ0) is 41.9. The van der Waals surface area contributed by atoms with Crippen molar-refractivity contribution in [3.8, 4) is 32.7 Å². The molecule has 3 heteroatoms. The molecule has 0 aliphatic heterocycles. The summed E-state index contributed by atoms with van der Waals surface area (Å²) in [4.78, 5) is 6.24. The van der Waals surface area contributed by atoms with E-state index in [1.165, 1.54) is 76.2 Å². The summed E-state index contributed by atoms with van der Waals surface area (Å²) in [5.74, 6) is 0. The van der Waals surface area contributed by atoms with Crippen molar-refractivity contribution in [3.63, 3.8) is 0 Å². The third-order valence-electron chi connectivity index (χ3n) is 14.0. The molecular weight excluding hydrogens is 781 g/mol. The molecule has 0 amide bonds. The van der Waals surface area contributed by atoms with Crippen LogP contribution in [-0.2, 0) is 10.8 Å². The van der Waals surface area contributed by atoms with Crippen LogP contribution in [0.1, 0.15) is 47.2 Å². The van der Waals surface area contributed by atoms with Gasteiger partial charge in [0.05, 0.1) is 5.41 Å². The van der Waals surface area contributed by atoms with Gasteiger partial charge in [-0.1, -0.05) is 153 Å². The van der Waals surface area contributed by atoms with Gasteiger partial charge < -0.3 is 9.80 Å². The monoisotopic (exact) mass is 822 g/mol. The van der Waals surface area contributed by atoms with Gasteiger partial charge in [-0.25, -0.2) is 0 Å². The van der Waals surface area contributed by atoms with Crippen molar-refractivity contribution in [2.24, 2.45) is 0 Å². The van der Waals surface area contributed by atoms with Crippen molar-refractivity contribution in [2.75, 3.05) is 9.80 Å². The molecule has 3 aliphatic rings. The minimum atomic E-state index is -0.564. The van der Waals surface area contributed by atoms with E-state index in [9.17, 15) is 0 Å². The predicted molar refractivity (Wildman–Crippen MR) is 265 cm³/mol. The van der Waals surface area contributed by atoms with Crippen LogP contribution >= 0.6 is 11.3 Å². The lowest BCUT2D eigenvalue weighted by molar-refractivity contribution is 0.660. The zero-order valence-electron chi connectivity index (χ0n) is 35.1. The van der Waals surface area contributed by atoms with Crippen molar-refractivity contribution < 1.29 is 0 Å². The van der Waals surface area contributed by atoms with E-state index in [0.29, 0.717) is 0 Å². The van der Waals surface area contributed by atoms with Crippen LogP contribution in [0, 0.1) is 0 Å². The lowest BCUT2D eigenvalue weighted by Gasteiger charge is -2.33. The summed E-state index contributed by atoms with van der Waals surface area (Å²) in [6.45, 7) is 4.74. The molecule has 0 bridgehead atoms. The summed E-state index contributed by atoms with van der Waals surface area (Å²) >= 11 is 1.93. The molecule has 0 fully saturated rings. The third-order valence-corrected chi connectivity index (χ3v) is 15.2. The first-order valence-corrected chi connectivity index (χ1v) is 22.7. The Morgan fingerprint density at radius 2 is 0.746 bits per heavy atom. The van der Waals surface area contributed by atoms with Crippen LogP contribution < -0.4 is 9.80 Å². The number of fused-ring (bicyclic) bond motifs is 15. The number of benzene rings is 9. The summed E-state index contributed by atoms with van der Waals surface area (Å²) in [5, 5.41) is 1.33. The highest BCUT2D eigenvalue weighted by Gasteiger charge is 2.54. The highest BCUT2D eigenvalue weighted by Crippen LogP contribution is 2.67. The zero-order valence-corrected chi connectivity index (χ0v) is 35.9. The van der Waals surface area contributed by atoms with Gasteiger partial charge in [0, 0.05) is 49.1 Å². The second-order valence-electron chi connectivity index (χ2n) is 17.6. The molecule has 3 aliphatic carbocycles. The molecule has 63 heavy (non-hydrogen) atoms. The number of hydrogen-bond donors (Lipinski definition) is 0. The standard InChI is InChI=1S/C60H42N2S/c1-59(2)51-27-15-12-24-45(51)47-33-30-42(36-53(47)59)62(41-22-10-5-11-23-41)44-31-34-48-46-25-13-16-28-52(46)60(54(48)37-44)55-38-43(61(39-18-6-3-7-19-39)40-20-8-4-9-21-40)32-35-49(55)58-57(60)50-26-14-17-29-56(50)63-58/h3-38H,1-2H3. The normalized spacial score (nSPS) is 15.7. The van der Waals surface area contributed by atoms with E-state index in [-0.39, 0.29) is 5.41 Å². The second-order valence-corrected chi connectivity index (χ2v) is 18.7. The number of para-hydroxylation sites is 3. The van der Waals surface area contributed by atoms with Crippen LogP contribution in [0.4, 0.5) is 34.1 Å². The molecular formula is C60H42N2S. The lowest BCUT2D eigenvalue weighted by atomic mass is 9.70. The van der Waals surface area contributed by atoms with Gasteiger partial charge in [0.15, 0.2) is 0 Å². The van der Waals surface area contributed by atoms with Gasteiger partial charge >= 0.3 is 0 Å². The molecule has 0 radical (unpaired) electrons. The number of nitrogens with zero attached hydrogens (tertiary/aromatic N) is 2. The van der Waals surface area contributed by atoms with Crippen LogP contribution in [0.25, 0.3) is 42.8 Å². The Hall–Kier alpha value is -7.46. The van der Waals surface area contributed by atoms with Crippen LogP contribution in [0.5, 0.6) is 0 Å². The Labute approximate surface area is 372 Å². The Balaban J connectivity index is 1.08. The molecule has 1 spiro atoms. The summed E-state index contributed by atoms with van der Waals surface area (Å²) in [5.41, 5.74) is 20.8. The van der Waals surface area contributed by atoms with Crippen LogP contribution in [0.3, 0.4) is 0 Å². The van der Waals surface area contributed by atoms with E-state index in [2.05, 4.69) is 242 Å². The Morgan fingerprint density at radius 1 is 0.333 bits per heavy atom. The smallest absolute Gasteiger partial charge is 0.0741 e. The summed E-state index contributed by atoms with van der Waals surface area (Å²) in [7, 11) is 0. The first-order chi connectivity index (χ1) is 31.0. The first kappa shape index (κ1) is 36.2. The maximum atomic E-state index is 2.53. The van der Waals surface area contributed by atoms with Crippen molar-refractivity contribution in [3.05, 3.63) is 252 Å². The van der Waals surface area contributed by atoms with E-state index in [1.54, 1.807) is 0 Å². The second kappa shape index (κ2) is 13.5. The van der Waals surface area contributed by atoms with Gasteiger partial charge in [-0.3, -0.25) is 0 Å². The van der Waals surface area contributed by atoms with E-state index < -0.39 is 5.41 Å². The predicted octanol–water partition coefficient (Wildman–Crippen LogP) is 16.5. The van der Waals surface area contributed by atoms with Gasteiger partial charge in [0.1, 0.15) is 0 Å². The number of thiophene rings is 1. The Bertz CT molecular complexity index is 3400. The molecule has 1 unspecified atom stereocenters. The Morgan fingerprint density at radius 3 is 1.35 bits per heavy atom. The van der Waals surface area contributed by atoms with Crippen molar-refractivity contribution >= 4 is 55.5 Å². The molecule has 13 rings (SSSR count). The number of anilines is 6. The quantitative estimate of drug-likeness (QED) is 0.165. The summed E-state index contributed by atoms with van der Waals surface area (Å²) in [6, 6.07) is 81.3. The molecule has 1 aromatic heterocycles. The fraction of sp³-hybridized carbons (Fsp3) is 0.0667. The summed E-state index contributed by atoms with van der Waals surface area (Å²) < 4.78 is 1.32. The third kappa shape index (κ3) is 5.06. The van der Waals surface area contributed by atoms with Crippen LogP contribution in [0.15, 0.2) is 218 Å².